The van der Waals surface area contributed by atoms with E-state index in [-0.39, 0.29) is 0 Å². The predicted octanol–water partition coefficient (Wildman–Crippen LogP) is 6.06. The monoisotopic (exact) mass is 332 g/mol. The van der Waals surface area contributed by atoms with Crippen LogP contribution in [0.25, 0.3) is 5.57 Å². The molecule has 0 spiro atoms. The van der Waals surface area contributed by atoms with E-state index < -0.39 is 0 Å². The van der Waals surface area contributed by atoms with Gasteiger partial charge < -0.3 is 0 Å². The average molecular weight is 332 g/mol. The fourth-order valence-electron chi connectivity index (χ4n) is 4.60. The van der Waals surface area contributed by atoms with Gasteiger partial charge in [-0.25, -0.2) is 0 Å². The van der Waals surface area contributed by atoms with Gasteiger partial charge in [-0.1, -0.05) is 49.8 Å². The summed E-state index contributed by atoms with van der Waals surface area (Å²) < 4.78 is 0. The van der Waals surface area contributed by atoms with Gasteiger partial charge >= 0.3 is 0 Å². The molecule has 4 rings (SSSR count). The molecular formula is C24H28O. The number of rotatable bonds is 4. The van der Waals surface area contributed by atoms with E-state index in [2.05, 4.69) is 43.3 Å². The molecule has 0 amide bonds. The molecule has 0 N–H and O–H groups in total. The molecule has 1 heteroatoms. The zero-order valence-electron chi connectivity index (χ0n) is 15.3. The second-order valence-electron chi connectivity index (χ2n) is 7.93. The van der Waals surface area contributed by atoms with Gasteiger partial charge in [-0.15, -0.1) is 0 Å². The van der Waals surface area contributed by atoms with Crippen LogP contribution in [-0.2, 0) is 11.2 Å². The maximum absolute atomic E-state index is 11.7. The summed E-state index contributed by atoms with van der Waals surface area (Å²) in [4.78, 5) is 11.7. The van der Waals surface area contributed by atoms with Crippen LogP contribution in [-0.4, -0.2) is 5.78 Å². The predicted molar refractivity (Wildman–Crippen MR) is 104 cm³/mol. The van der Waals surface area contributed by atoms with Crippen molar-refractivity contribution in [2.75, 3.05) is 0 Å². The standard InChI is InChI=1S/C24H28O/c1-2-3-4-17-5-7-18(8-6-17)19-9-10-20-13-21-11-12-24(25)16-23(21)15-22(20)14-19/h5-8,14-16,20-21H,2-4,9-13H2,1H3. The minimum atomic E-state index is 0.309. The average Bonchev–Trinajstić information content (AvgIpc) is 2.64. The second-order valence-corrected chi connectivity index (χ2v) is 7.93. The normalized spacial score (nSPS) is 25.5. The van der Waals surface area contributed by atoms with Crippen LogP contribution >= 0.6 is 0 Å². The van der Waals surface area contributed by atoms with Crippen LogP contribution in [0.3, 0.4) is 0 Å². The largest absolute Gasteiger partial charge is 0.295 e. The van der Waals surface area contributed by atoms with Crippen molar-refractivity contribution in [3.05, 3.63) is 64.8 Å². The number of hydrogen-bond donors (Lipinski definition) is 0. The van der Waals surface area contributed by atoms with E-state index >= 15 is 0 Å². The molecule has 0 bridgehead atoms. The lowest BCUT2D eigenvalue weighted by molar-refractivity contribution is -0.115. The first-order chi connectivity index (χ1) is 12.2. The molecule has 0 saturated carbocycles. The molecule has 0 fully saturated rings. The summed E-state index contributed by atoms with van der Waals surface area (Å²) in [6.07, 6.45) is 15.8. The van der Waals surface area contributed by atoms with Gasteiger partial charge in [0.25, 0.3) is 0 Å². The number of allylic oxidation sites excluding steroid dienone is 6. The topological polar surface area (TPSA) is 17.1 Å². The molecule has 0 heterocycles. The third-order valence-electron chi connectivity index (χ3n) is 6.16. The Morgan fingerprint density at radius 1 is 0.920 bits per heavy atom. The van der Waals surface area contributed by atoms with Crippen LogP contribution in [0, 0.1) is 11.8 Å². The maximum atomic E-state index is 11.7. The molecule has 0 aromatic heterocycles. The van der Waals surface area contributed by atoms with Crippen LogP contribution in [0.15, 0.2) is 53.6 Å². The molecule has 1 aromatic rings. The van der Waals surface area contributed by atoms with Crippen molar-refractivity contribution in [2.24, 2.45) is 11.8 Å². The van der Waals surface area contributed by atoms with Gasteiger partial charge in [-0.05, 0) is 84.3 Å². The van der Waals surface area contributed by atoms with Crippen molar-refractivity contribution in [1.82, 2.24) is 0 Å². The van der Waals surface area contributed by atoms with E-state index in [1.807, 2.05) is 6.08 Å². The number of unbranched alkanes of at least 4 members (excludes halogenated alkanes) is 1. The van der Waals surface area contributed by atoms with Crippen molar-refractivity contribution in [2.45, 2.75) is 58.3 Å². The number of hydrogen-bond acceptors (Lipinski definition) is 1. The molecule has 25 heavy (non-hydrogen) atoms. The first kappa shape index (κ1) is 16.6. The first-order valence-electron chi connectivity index (χ1n) is 9.99. The zero-order valence-corrected chi connectivity index (χ0v) is 15.3. The molecule has 2 unspecified atom stereocenters. The summed E-state index contributed by atoms with van der Waals surface area (Å²) in [6, 6.07) is 9.19. The van der Waals surface area contributed by atoms with E-state index in [1.54, 1.807) is 0 Å². The van der Waals surface area contributed by atoms with Gasteiger partial charge in [0.05, 0.1) is 0 Å². The number of benzene rings is 1. The Morgan fingerprint density at radius 3 is 2.40 bits per heavy atom. The molecule has 130 valence electrons. The van der Waals surface area contributed by atoms with Gasteiger partial charge in [-0.3, -0.25) is 4.79 Å². The summed E-state index contributed by atoms with van der Waals surface area (Å²) in [7, 11) is 0. The Bertz CT molecular complexity index is 745. The molecule has 0 aliphatic heterocycles. The van der Waals surface area contributed by atoms with Crippen molar-refractivity contribution < 1.29 is 4.79 Å². The number of ketones is 1. The SMILES string of the molecule is CCCCc1ccc(C2=CC3=CC4=CC(=O)CCC4CC3CC2)cc1. The number of fused-ring (bicyclic) bond motifs is 2. The summed E-state index contributed by atoms with van der Waals surface area (Å²) in [6.45, 7) is 2.25. The Morgan fingerprint density at radius 2 is 1.64 bits per heavy atom. The number of carbonyl (C=O) groups is 1. The highest BCUT2D eigenvalue weighted by atomic mass is 16.1. The highest BCUT2D eigenvalue weighted by Crippen LogP contribution is 2.44. The van der Waals surface area contributed by atoms with Gasteiger partial charge in [0, 0.05) is 6.42 Å². The number of aryl methyl sites for hydroxylation is 1. The van der Waals surface area contributed by atoms with Crippen LogP contribution in [0.1, 0.15) is 63.0 Å². The molecule has 1 nitrogen and oxygen atoms in total. The highest BCUT2D eigenvalue weighted by molar-refractivity contribution is 5.92. The summed E-state index contributed by atoms with van der Waals surface area (Å²) in [5, 5.41) is 0. The van der Waals surface area contributed by atoms with Crippen molar-refractivity contribution in [3.8, 4) is 0 Å². The molecule has 0 radical (unpaired) electrons. The third-order valence-corrected chi connectivity index (χ3v) is 6.16. The third kappa shape index (κ3) is 3.56. The van der Waals surface area contributed by atoms with Crippen molar-refractivity contribution in [1.29, 1.82) is 0 Å². The summed E-state index contributed by atoms with van der Waals surface area (Å²) in [5.41, 5.74) is 7.02. The van der Waals surface area contributed by atoms with Crippen LogP contribution in [0.2, 0.25) is 0 Å². The van der Waals surface area contributed by atoms with Gasteiger partial charge in [-0.2, -0.15) is 0 Å². The Kier molecular flexibility index (Phi) is 4.74. The fourth-order valence-corrected chi connectivity index (χ4v) is 4.60. The Hall–Kier alpha value is -1.89. The van der Waals surface area contributed by atoms with Gasteiger partial charge in [0.1, 0.15) is 0 Å². The van der Waals surface area contributed by atoms with Crippen LogP contribution in [0.5, 0.6) is 0 Å². The summed E-state index contributed by atoms with van der Waals surface area (Å²) >= 11 is 0. The number of carbonyl (C=O) groups excluding carboxylic acids is 1. The van der Waals surface area contributed by atoms with Crippen molar-refractivity contribution in [3.63, 3.8) is 0 Å². The molecule has 1 aromatic carbocycles. The molecular weight excluding hydrogens is 304 g/mol. The van der Waals surface area contributed by atoms with Gasteiger partial charge in [0.2, 0.25) is 0 Å². The minimum Gasteiger partial charge on any atom is -0.295 e. The van der Waals surface area contributed by atoms with Gasteiger partial charge in [0.15, 0.2) is 5.78 Å². The van der Waals surface area contributed by atoms with E-state index in [9.17, 15) is 4.79 Å². The second kappa shape index (κ2) is 7.15. The van der Waals surface area contributed by atoms with Crippen LogP contribution in [0.4, 0.5) is 0 Å². The minimum absolute atomic E-state index is 0.309. The quantitative estimate of drug-likeness (QED) is 0.655. The fraction of sp³-hybridized carbons (Fsp3) is 0.458. The van der Waals surface area contributed by atoms with E-state index in [4.69, 9.17) is 0 Å². The Balaban J connectivity index is 1.57. The maximum Gasteiger partial charge on any atom is 0.155 e. The highest BCUT2D eigenvalue weighted by Gasteiger charge is 2.31. The first-order valence-corrected chi connectivity index (χ1v) is 9.99. The molecule has 2 atom stereocenters. The lowest BCUT2D eigenvalue weighted by Crippen LogP contribution is -2.23. The van der Waals surface area contributed by atoms with E-state index in [0.717, 1.165) is 12.8 Å². The zero-order chi connectivity index (χ0) is 17.2. The van der Waals surface area contributed by atoms with E-state index in [0.29, 0.717) is 17.6 Å². The molecule has 3 aliphatic rings. The Labute approximate surface area is 151 Å². The molecule has 0 saturated heterocycles. The lowest BCUT2D eigenvalue weighted by Gasteiger charge is -2.35. The summed E-state index contributed by atoms with van der Waals surface area (Å²) in [5.74, 6) is 1.63. The van der Waals surface area contributed by atoms with E-state index in [1.165, 1.54) is 66.4 Å². The smallest absolute Gasteiger partial charge is 0.155 e. The van der Waals surface area contributed by atoms with Crippen molar-refractivity contribution >= 4 is 11.4 Å². The molecule has 3 aliphatic carbocycles. The lowest BCUT2D eigenvalue weighted by atomic mass is 9.69. The van der Waals surface area contributed by atoms with Crippen LogP contribution < -0.4 is 0 Å².